The molecule has 3 aromatic rings. The summed E-state index contributed by atoms with van der Waals surface area (Å²) >= 11 is 0. The summed E-state index contributed by atoms with van der Waals surface area (Å²) in [5.41, 5.74) is 2.40. The van der Waals surface area contributed by atoms with Crippen molar-refractivity contribution in [1.82, 2.24) is 19.6 Å². The SMILES string of the molecule is CCOC(=O)Cn1cc(-c2nn(C)c3ccc(O)cc23)cn1. The van der Waals surface area contributed by atoms with E-state index in [2.05, 4.69) is 10.2 Å². The fraction of sp³-hybridized carbons (Fsp3) is 0.267. The number of hydrogen-bond donors (Lipinski definition) is 1. The number of phenols is 1. The van der Waals surface area contributed by atoms with Crippen molar-refractivity contribution in [2.24, 2.45) is 7.05 Å². The molecule has 0 aliphatic heterocycles. The van der Waals surface area contributed by atoms with Gasteiger partial charge in [-0.15, -0.1) is 0 Å². The molecule has 0 atom stereocenters. The van der Waals surface area contributed by atoms with Gasteiger partial charge in [-0.05, 0) is 25.1 Å². The number of fused-ring (bicyclic) bond motifs is 1. The minimum Gasteiger partial charge on any atom is -0.508 e. The lowest BCUT2D eigenvalue weighted by Crippen LogP contribution is -2.13. The molecule has 0 radical (unpaired) electrons. The van der Waals surface area contributed by atoms with Crippen molar-refractivity contribution in [2.45, 2.75) is 13.5 Å². The molecule has 0 bridgehead atoms. The second-order valence-electron chi connectivity index (χ2n) is 4.91. The van der Waals surface area contributed by atoms with E-state index >= 15 is 0 Å². The molecule has 3 rings (SSSR count). The lowest BCUT2D eigenvalue weighted by atomic mass is 10.1. The first-order chi connectivity index (χ1) is 10.6. The monoisotopic (exact) mass is 300 g/mol. The number of nitrogens with zero attached hydrogens (tertiary/aromatic N) is 4. The number of rotatable bonds is 4. The topological polar surface area (TPSA) is 82.2 Å². The van der Waals surface area contributed by atoms with E-state index in [1.165, 1.54) is 4.68 Å². The Bertz CT molecular complexity index is 835. The van der Waals surface area contributed by atoms with Crippen LogP contribution < -0.4 is 0 Å². The molecule has 0 amide bonds. The van der Waals surface area contributed by atoms with E-state index in [1.807, 2.05) is 13.1 Å². The van der Waals surface area contributed by atoms with E-state index in [0.29, 0.717) is 12.3 Å². The second kappa shape index (κ2) is 5.51. The number of aromatic nitrogens is 4. The van der Waals surface area contributed by atoms with Gasteiger partial charge < -0.3 is 9.84 Å². The van der Waals surface area contributed by atoms with Crippen molar-refractivity contribution < 1.29 is 14.6 Å². The third-order valence-electron chi connectivity index (χ3n) is 3.34. The molecule has 0 spiro atoms. The summed E-state index contributed by atoms with van der Waals surface area (Å²) in [6.07, 6.45) is 3.38. The van der Waals surface area contributed by atoms with Crippen molar-refractivity contribution in [1.29, 1.82) is 0 Å². The molecule has 114 valence electrons. The maximum absolute atomic E-state index is 11.5. The molecular formula is C15H16N4O3. The summed E-state index contributed by atoms with van der Waals surface area (Å²) in [5.74, 6) is -0.152. The molecule has 1 aromatic carbocycles. The molecule has 0 aliphatic rings. The summed E-state index contributed by atoms with van der Waals surface area (Å²) in [5, 5.41) is 19.1. The van der Waals surface area contributed by atoms with Gasteiger partial charge in [0.1, 0.15) is 18.0 Å². The van der Waals surface area contributed by atoms with Crippen LogP contribution in [0.5, 0.6) is 5.75 Å². The van der Waals surface area contributed by atoms with Crippen molar-refractivity contribution >= 4 is 16.9 Å². The smallest absolute Gasteiger partial charge is 0.327 e. The normalized spacial score (nSPS) is 11.0. The van der Waals surface area contributed by atoms with Gasteiger partial charge in [-0.25, -0.2) is 0 Å². The minimum absolute atomic E-state index is 0.0594. The van der Waals surface area contributed by atoms with Gasteiger partial charge in [-0.3, -0.25) is 14.2 Å². The molecule has 0 aliphatic carbocycles. The number of ether oxygens (including phenoxy) is 1. The summed E-state index contributed by atoms with van der Waals surface area (Å²) in [6, 6.07) is 5.10. The number of aryl methyl sites for hydroxylation is 1. The van der Waals surface area contributed by atoms with Gasteiger partial charge in [0.15, 0.2) is 0 Å². The Morgan fingerprint density at radius 1 is 1.41 bits per heavy atom. The zero-order valence-corrected chi connectivity index (χ0v) is 12.4. The van der Waals surface area contributed by atoms with Gasteiger partial charge in [-0.2, -0.15) is 10.2 Å². The number of carbonyl (C=O) groups is 1. The molecule has 22 heavy (non-hydrogen) atoms. The molecular weight excluding hydrogens is 284 g/mol. The molecule has 2 heterocycles. The molecule has 2 aromatic heterocycles. The summed E-state index contributed by atoms with van der Waals surface area (Å²) in [4.78, 5) is 11.5. The fourth-order valence-electron chi connectivity index (χ4n) is 2.38. The van der Waals surface area contributed by atoms with Gasteiger partial charge in [-0.1, -0.05) is 0 Å². The summed E-state index contributed by atoms with van der Waals surface area (Å²) in [6.45, 7) is 2.17. The summed E-state index contributed by atoms with van der Waals surface area (Å²) < 4.78 is 8.15. The van der Waals surface area contributed by atoms with E-state index in [9.17, 15) is 9.90 Å². The van der Waals surface area contributed by atoms with Crippen molar-refractivity contribution in [3.8, 4) is 17.0 Å². The number of benzene rings is 1. The van der Waals surface area contributed by atoms with Gasteiger partial charge in [0.05, 0.1) is 18.3 Å². The lowest BCUT2D eigenvalue weighted by Gasteiger charge is -2.00. The Hall–Kier alpha value is -2.83. The highest BCUT2D eigenvalue weighted by Crippen LogP contribution is 2.29. The van der Waals surface area contributed by atoms with Crippen molar-refractivity contribution in [3.63, 3.8) is 0 Å². The predicted octanol–water partition coefficient (Wildman–Crippen LogP) is 1.71. The highest BCUT2D eigenvalue weighted by molar-refractivity contribution is 5.94. The van der Waals surface area contributed by atoms with Crippen LogP contribution in [0.15, 0.2) is 30.6 Å². The van der Waals surface area contributed by atoms with Gasteiger partial charge >= 0.3 is 5.97 Å². The van der Waals surface area contributed by atoms with E-state index in [0.717, 1.165) is 16.5 Å². The van der Waals surface area contributed by atoms with E-state index in [-0.39, 0.29) is 18.3 Å². The Balaban J connectivity index is 1.96. The quantitative estimate of drug-likeness (QED) is 0.742. The summed E-state index contributed by atoms with van der Waals surface area (Å²) in [7, 11) is 1.84. The van der Waals surface area contributed by atoms with Crippen LogP contribution in [0.3, 0.4) is 0 Å². The number of carbonyl (C=O) groups excluding carboxylic acids is 1. The molecule has 0 fully saturated rings. The Morgan fingerprint density at radius 3 is 3.00 bits per heavy atom. The molecule has 1 N–H and O–H groups in total. The van der Waals surface area contributed by atoms with Crippen LogP contribution in [-0.4, -0.2) is 37.2 Å². The Labute approximate surface area is 126 Å². The van der Waals surface area contributed by atoms with Crippen LogP contribution in [0, 0.1) is 0 Å². The maximum atomic E-state index is 11.5. The number of esters is 1. The first-order valence-electron chi connectivity index (χ1n) is 6.92. The van der Waals surface area contributed by atoms with Crippen LogP contribution in [0.4, 0.5) is 0 Å². The van der Waals surface area contributed by atoms with Gasteiger partial charge in [0, 0.05) is 24.2 Å². The Morgan fingerprint density at radius 2 is 2.23 bits per heavy atom. The number of aromatic hydroxyl groups is 1. The maximum Gasteiger partial charge on any atom is 0.327 e. The van der Waals surface area contributed by atoms with Crippen molar-refractivity contribution in [2.75, 3.05) is 6.61 Å². The molecule has 7 nitrogen and oxygen atoms in total. The zero-order valence-electron chi connectivity index (χ0n) is 12.4. The second-order valence-corrected chi connectivity index (χ2v) is 4.91. The third-order valence-corrected chi connectivity index (χ3v) is 3.34. The highest BCUT2D eigenvalue weighted by atomic mass is 16.5. The van der Waals surface area contributed by atoms with Crippen LogP contribution >= 0.6 is 0 Å². The standard InChI is InChI=1S/C15H16N4O3/c1-3-22-14(21)9-19-8-10(7-16-19)15-12-6-11(20)4-5-13(12)18(2)17-15/h4-8,20H,3,9H2,1-2H3. The molecule has 0 saturated heterocycles. The first kappa shape index (κ1) is 14.1. The molecule has 0 saturated carbocycles. The average Bonchev–Trinajstić information content (AvgIpc) is 3.04. The van der Waals surface area contributed by atoms with E-state index in [4.69, 9.17) is 4.74 Å². The van der Waals surface area contributed by atoms with Crippen LogP contribution in [0.25, 0.3) is 22.2 Å². The fourth-order valence-corrected chi connectivity index (χ4v) is 2.38. The number of phenolic OH excluding ortho intramolecular Hbond substituents is 1. The van der Waals surface area contributed by atoms with E-state index < -0.39 is 0 Å². The zero-order chi connectivity index (χ0) is 15.7. The van der Waals surface area contributed by atoms with Gasteiger partial charge in [0.2, 0.25) is 0 Å². The van der Waals surface area contributed by atoms with Crippen LogP contribution in [0.2, 0.25) is 0 Å². The van der Waals surface area contributed by atoms with Crippen molar-refractivity contribution in [3.05, 3.63) is 30.6 Å². The van der Waals surface area contributed by atoms with E-state index in [1.54, 1.807) is 36.1 Å². The van der Waals surface area contributed by atoms with Gasteiger partial charge in [0.25, 0.3) is 0 Å². The Kier molecular flexibility index (Phi) is 3.54. The lowest BCUT2D eigenvalue weighted by molar-refractivity contribution is -0.144. The molecule has 7 heteroatoms. The predicted molar refractivity (Wildman–Crippen MR) is 80.2 cm³/mol. The van der Waals surface area contributed by atoms with Crippen LogP contribution in [0.1, 0.15) is 6.92 Å². The third kappa shape index (κ3) is 2.52. The highest BCUT2D eigenvalue weighted by Gasteiger charge is 2.14. The number of hydrogen-bond acceptors (Lipinski definition) is 5. The first-order valence-corrected chi connectivity index (χ1v) is 6.92. The molecule has 0 unspecified atom stereocenters. The average molecular weight is 300 g/mol. The van der Waals surface area contributed by atoms with Crippen LogP contribution in [-0.2, 0) is 23.1 Å². The minimum atomic E-state index is -0.333. The largest absolute Gasteiger partial charge is 0.508 e.